The molecule has 130 valence electrons. The molecule has 2 fully saturated rings. The monoisotopic (exact) mass is 342 g/mol. The Bertz CT molecular complexity index is 506. The summed E-state index contributed by atoms with van der Waals surface area (Å²) in [6.45, 7) is 8.08. The van der Waals surface area contributed by atoms with Gasteiger partial charge >= 0.3 is 0 Å². The highest BCUT2D eigenvalue weighted by molar-refractivity contribution is 5.85. The quantitative estimate of drug-likeness (QED) is 0.906. The molecule has 23 heavy (non-hydrogen) atoms. The van der Waals surface area contributed by atoms with Crippen molar-refractivity contribution in [2.24, 2.45) is 11.8 Å². The largest absolute Gasteiger partial charge is 0.343 e. The Labute approximate surface area is 143 Å². The number of nitrogens with zero attached hydrogens (tertiary/aromatic N) is 3. The Hall–Kier alpha value is -1.14. The van der Waals surface area contributed by atoms with E-state index in [4.69, 9.17) is 4.52 Å². The average Bonchev–Trinajstić information content (AvgIpc) is 3.11. The van der Waals surface area contributed by atoms with E-state index in [1.807, 2.05) is 18.7 Å². The van der Waals surface area contributed by atoms with E-state index in [0.717, 1.165) is 56.7 Å². The predicted molar refractivity (Wildman–Crippen MR) is 89.6 cm³/mol. The van der Waals surface area contributed by atoms with Gasteiger partial charge in [-0.15, -0.1) is 12.4 Å². The number of aromatic nitrogens is 2. The van der Waals surface area contributed by atoms with Crippen molar-refractivity contribution in [3.8, 4) is 0 Å². The van der Waals surface area contributed by atoms with Crippen LogP contribution >= 0.6 is 12.4 Å². The molecule has 1 amide bonds. The van der Waals surface area contributed by atoms with Gasteiger partial charge in [-0.2, -0.15) is 4.98 Å². The molecule has 0 unspecified atom stereocenters. The second-order valence-corrected chi connectivity index (χ2v) is 6.84. The van der Waals surface area contributed by atoms with Gasteiger partial charge in [-0.1, -0.05) is 19.0 Å². The minimum absolute atomic E-state index is 0. The molecule has 3 heterocycles. The topological polar surface area (TPSA) is 71.3 Å². The maximum Gasteiger partial charge on any atom is 0.227 e. The molecule has 0 saturated carbocycles. The second kappa shape index (κ2) is 8.11. The van der Waals surface area contributed by atoms with Crippen molar-refractivity contribution in [1.82, 2.24) is 20.4 Å². The molecule has 1 aromatic rings. The summed E-state index contributed by atoms with van der Waals surface area (Å²) < 4.78 is 5.21. The fourth-order valence-corrected chi connectivity index (χ4v) is 3.44. The zero-order valence-corrected chi connectivity index (χ0v) is 14.8. The molecule has 7 heteroatoms. The van der Waals surface area contributed by atoms with Crippen molar-refractivity contribution in [1.29, 1.82) is 0 Å². The van der Waals surface area contributed by atoms with E-state index in [9.17, 15) is 4.79 Å². The summed E-state index contributed by atoms with van der Waals surface area (Å²) in [5.74, 6) is 3.28. The van der Waals surface area contributed by atoms with Gasteiger partial charge in [0.2, 0.25) is 11.8 Å². The van der Waals surface area contributed by atoms with Crippen molar-refractivity contribution >= 4 is 18.3 Å². The molecular weight excluding hydrogens is 316 g/mol. The number of amides is 1. The van der Waals surface area contributed by atoms with Crippen LogP contribution in [0.15, 0.2) is 4.52 Å². The lowest BCUT2D eigenvalue weighted by Gasteiger charge is -2.20. The normalized spacial score (nSPS) is 24.2. The highest BCUT2D eigenvalue weighted by atomic mass is 35.5. The van der Waals surface area contributed by atoms with Crippen LogP contribution in [0.5, 0.6) is 0 Å². The van der Waals surface area contributed by atoms with E-state index in [1.165, 1.54) is 0 Å². The maximum absolute atomic E-state index is 12.4. The number of carbonyl (C=O) groups is 1. The molecule has 2 saturated heterocycles. The molecule has 2 atom stereocenters. The first kappa shape index (κ1) is 18.2. The molecule has 2 aliphatic heterocycles. The summed E-state index contributed by atoms with van der Waals surface area (Å²) in [7, 11) is 0. The third kappa shape index (κ3) is 4.44. The van der Waals surface area contributed by atoms with E-state index in [0.29, 0.717) is 18.7 Å². The van der Waals surface area contributed by atoms with Gasteiger partial charge in [-0.3, -0.25) is 4.79 Å². The van der Waals surface area contributed by atoms with Gasteiger partial charge in [0.1, 0.15) is 0 Å². The third-order valence-corrected chi connectivity index (χ3v) is 4.92. The van der Waals surface area contributed by atoms with Crippen LogP contribution in [0.1, 0.15) is 50.7 Å². The van der Waals surface area contributed by atoms with E-state index in [2.05, 4.69) is 15.5 Å². The van der Waals surface area contributed by atoms with Crippen LogP contribution in [0.3, 0.4) is 0 Å². The first-order valence-electron chi connectivity index (χ1n) is 8.44. The van der Waals surface area contributed by atoms with Crippen LogP contribution < -0.4 is 5.32 Å². The molecule has 0 radical (unpaired) electrons. The number of hydrogen-bond donors (Lipinski definition) is 1. The molecule has 1 N–H and O–H groups in total. The number of nitrogens with one attached hydrogen (secondary N) is 1. The molecule has 1 aromatic heterocycles. The van der Waals surface area contributed by atoms with Gasteiger partial charge in [0, 0.05) is 31.8 Å². The van der Waals surface area contributed by atoms with Gasteiger partial charge in [0.15, 0.2) is 5.82 Å². The molecule has 6 nitrogen and oxygen atoms in total. The van der Waals surface area contributed by atoms with Gasteiger partial charge in [-0.05, 0) is 37.8 Å². The van der Waals surface area contributed by atoms with Crippen LogP contribution in [-0.2, 0) is 11.2 Å². The third-order valence-electron chi connectivity index (χ3n) is 4.92. The second-order valence-electron chi connectivity index (χ2n) is 6.84. The van der Waals surface area contributed by atoms with Crippen molar-refractivity contribution in [3.05, 3.63) is 11.7 Å². The number of carbonyl (C=O) groups excluding carboxylic acids is 1. The number of halogens is 1. The maximum atomic E-state index is 12.4. The Balaban J connectivity index is 0.00000192. The lowest BCUT2D eigenvalue weighted by atomic mass is 9.92. The SMILES string of the molecule is CC(C)c1noc(CCC(=O)N2CC[C@@H]3CNC[C@@H]3CC2)n1.Cl. The van der Waals surface area contributed by atoms with Gasteiger partial charge in [0.25, 0.3) is 0 Å². The first-order valence-corrected chi connectivity index (χ1v) is 8.44. The Morgan fingerprint density at radius 2 is 1.96 bits per heavy atom. The summed E-state index contributed by atoms with van der Waals surface area (Å²) in [5.41, 5.74) is 0. The highest BCUT2D eigenvalue weighted by Crippen LogP contribution is 2.27. The van der Waals surface area contributed by atoms with E-state index >= 15 is 0 Å². The number of fused-ring (bicyclic) bond motifs is 1. The zero-order valence-electron chi connectivity index (χ0n) is 14.0. The Kier molecular flexibility index (Phi) is 6.41. The summed E-state index contributed by atoms with van der Waals surface area (Å²) in [5, 5.41) is 7.40. The number of hydrogen-bond acceptors (Lipinski definition) is 5. The summed E-state index contributed by atoms with van der Waals surface area (Å²) in [4.78, 5) is 18.8. The predicted octanol–water partition coefficient (Wildman–Crippen LogP) is 2.01. The van der Waals surface area contributed by atoms with E-state index in [1.54, 1.807) is 0 Å². The molecule has 2 aliphatic rings. The van der Waals surface area contributed by atoms with Crippen molar-refractivity contribution in [2.75, 3.05) is 26.2 Å². The Morgan fingerprint density at radius 1 is 1.30 bits per heavy atom. The Morgan fingerprint density at radius 3 is 2.52 bits per heavy atom. The molecule has 0 aliphatic carbocycles. The number of likely N-dealkylation sites (tertiary alicyclic amines) is 1. The molecule has 3 rings (SSSR count). The fourth-order valence-electron chi connectivity index (χ4n) is 3.44. The van der Waals surface area contributed by atoms with Crippen molar-refractivity contribution in [3.63, 3.8) is 0 Å². The van der Waals surface area contributed by atoms with Gasteiger partial charge in [0.05, 0.1) is 0 Å². The number of rotatable bonds is 4. The smallest absolute Gasteiger partial charge is 0.227 e. The average molecular weight is 343 g/mol. The summed E-state index contributed by atoms with van der Waals surface area (Å²) in [6, 6.07) is 0. The standard InChI is InChI=1S/C16H26N4O2.ClH/c1-11(2)16-18-14(22-19-16)3-4-15(21)20-7-5-12-9-17-10-13(12)6-8-20;/h11-13,17H,3-10H2,1-2H3;1H/t12-,13+;. The first-order chi connectivity index (χ1) is 10.6. The van der Waals surface area contributed by atoms with Crippen LogP contribution in [0.2, 0.25) is 0 Å². The lowest BCUT2D eigenvalue weighted by Crippen LogP contribution is -2.32. The van der Waals surface area contributed by atoms with Crippen LogP contribution in [0.4, 0.5) is 0 Å². The molecule has 0 bridgehead atoms. The molecule has 0 aromatic carbocycles. The summed E-state index contributed by atoms with van der Waals surface area (Å²) >= 11 is 0. The molecule has 0 spiro atoms. The van der Waals surface area contributed by atoms with E-state index < -0.39 is 0 Å². The number of aryl methyl sites for hydroxylation is 1. The fraction of sp³-hybridized carbons (Fsp3) is 0.812. The van der Waals surface area contributed by atoms with Gasteiger partial charge < -0.3 is 14.7 Å². The van der Waals surface area contributed by atoms with Crippen LogP contribution in [0, 0.1) is 11.8 Å². The van der Waals surface area contributed by atoms with Crippen LogP contribution in [0.25, 0.3) is 0 Å². The minimum atomic E-state index is 0. The van der Waals surface area contributed by atoms with Gasteiger partial charge in [-0.25, -0.2) is 0 Å². The minimum Gasteiger partial charge on any atom is -0.343 e. The lowest BCUT2D eigenvalue weighted by molar-refractivity contribution is -0.131. The van der Waals surface area contributed by atoms with Crippen LogP contribution in [-0.4, -0.2) is 47.1 Å². The van der Waals surface area contributed by atoms with Crippen molar-refractivity contribution < 1.29 is 9.32 Å². The summed E-state index contributed by atoms with van der Waals surface area (Å²) in [6.07, 6.45) is 3.26. The van der Waals surface area contributed by atoms with Crippen molar-refractivity contribution in [2.45, 2.75) is 45.4 Å². The highest BCUT2D eigenvalue weighted by Gasteiger charge is 2.31. The van der Waals surface area contributed by atoms with E-state index in [-0.39, 0.29) is 24.2 Å². The zero-order chi connectivity index (χ0) is 15.5. The molecular formula is C16H27ClN4O2.